The van der Waals surface area contributed by atoms with Crippen LogP contribution in [0.4, 0.5) is 0 Å². The number of carboxylic acid groups (broad SMARTS) is 1. The summed E-state index contributed by atoms with van der Waals surface area (Å²) in [4.78, 5) is 9.60. The van der Waals surface area contributed by atoms with Crippen molar-refractivity contribution in [3.8, 4) is 0 Å². The van der Waals surface area contributed by atoms with Gasteiger partial charge in [-0.3, -0.25) is 0 Å². The lowest BCUT2D eigenvalue weighted by Crippen LogP contribution is -1.92. The molecule has 7 heteroatoms. The molecule has 0 aromatic heterocycles. The van der Waals surface area contributed by atoms with E-state index in [4.69, 9.17) is 13.5 Å². The Balaban J connectivity index is 0. The molecule has 0 amide bonds. The summed E-state index contributed by atoms with van der Waals surface area (Å²) in [6.07, 6.45) is 0. The van der Waals surface area contributed by atoms with Gasteiger partial charge in [-0.1, -0.05) is 6.58 Å². The van der Waals surface area contributed by atoms with E-state index >= 15 is 0 Å². The van der Waals surface area contributed by atoms with Crippen LogP contribution in [-0.2, 0) is 13.1 Å². The zero-order valence-electron chi connectivity index (χ0n) is 5.54. The molecular weight excluding hydrogens is 215 g/mol. The molecule has 0 radical (unpaired) electrons. The van der Waals surface area contributed by atoms with Crippen LogP contribution in [0.3, 0.4) is 0 Å². The summed E-state index contributed by atoms with van der Waals surface area (Å²) in [6.45, 7) is 4.60. The van der Waals surface area contributed by atoms with E-state index in [2.05, 4.69) is 27.9 Å². The van der Waals surface area contributed by atoms with Gasteiger partial charge in [0.25, 0.3) is 0 Å². The van der Waals surface area contributed by atoms with Gasteiger partial charge in [-0.05, 0) is 6.92 Å². The molecule has 0 saturated heterocycles. The highest BCUT2D eigenvalue weighted by atomic mass is 36.0. The van der Waals surface area contributed by atoms with E-state index in [1.165, 1.54) is 6.92 Å². The van der Waals surface area contributed by atoms with Crippen LogP contribution >= 0.6 is 21.4 Å². The van der Waals surface area contributed by atoms with Crippen molar-refractivity contribution >= 4 is 35.6 Å². The number of hydrogen-bond donors (Lipinski definition) is 1. The standard InChI is InChI=1S/C4H6O2.Cl2O2S/c1-3(2)4(5)6;1-5(2,3)4/h1H2,2H3,(H,5,6);. The number of carbonyl (C=O) groups is 1. The minimum absolute atomic E-state index is 0.176. The lowest BCUT2D eigenvalue weighted by atomic mass is 10.4. The van der Waals surface area contributed by atoms with E-state index in [1.54, 1.807) is 0 Å². The van der Waals surface area contributed by atoms with E-state index in [0.717, 1.165) is 0 Å². The fourth-order valence-electron chi connectivity index (χ4n) is 0. The van der Waals surface area contributed by atoms with Crippen molar-refractivity contribution in [2.75, 3.05) is 0 Å². The highest BCUT2D eigenvalue weighted by Gasteiger charge is 1.90. The van der Waals surface area contributed by atoms with E-state index in [0.29, 0.717) is 0 Å². The monoisotopic (exact) mass is 220 g/mol. The fourth-order valence-corrected chi connectivity index (χ4v) is 0. The highest BCUT2D eigenvalue weighted by molar-refractivity contribution is 8.31. The average molecular weight is 221 g/mol. The molecule has 0 aliphatic heterocycles. The molecule has 0 unspecified atom stereocenters. The molecule has 11 heavy (non-hydrogen) atoms. The maximum absolute atomic E-state index is 9.60. The van der Waals surface area contributed by atoms with Gasteiger partial charge < -0.3 is 5.11 Å². The quantitative estimate of drug-likeness (QED) is 0.535. The smallest absolute Gasteiger partial charge is 0.330 e. The van der Waals surface area contributed by atoms with Crippen LogP contribution in [0.25, 0.3) is 0 Å². The second-order valence-corrected chi connectivity index (χ2v) is 5.13. The molecule has 0 aromatic carbocycles. The Morgan fingerprint density at radius 3 is 1.55 bits per heavy atom. The summed E-state index contributed by atoms with van der Waals surface area (Å²) in [5.74, 6) is -0.935. The van der Waals surface area contributed by atoms with E-state index in [1.807, 2.05) is 0 Å². The maximum Gasteiger partial charge on any atom is 0.330 e. The molecule has 0 bridgehead atoms. The van der Waals surface area contributed by atoms with E-state index in [9.17, 15) is 4.79 Å². The molecule has 66 valence electrons. The number of rotatable bonds is 1. The first-order valence-electron chi connectivity index (χ1n) is 2.17. The van der Waals surface area contributed by atoms with Gasteiger partial charge in [-0.2, -0.15) is 8.42 Å². The van der Waals surface area contributed by atoms with Gasteiger partial charge >= 0.3 is 14.2 Å². The Labute approximate surface area is 73.3 Å². The van der Waals surface area contributed by atoms with Crippen LogP contribution < -0.4 is 0 Å². The third-order valence-corrected chi connectivity index (χ3v) is 0.365. The zero-order chi connectivity index (χ0) is 9.65. The van der Waals surface area contributed by atoms with Gasteiger partial charge in [0, 0.05) is 26.9 Å². The third kappa shape index (κ3) is 41.7. The Morgan fingerprint density at radius 2 is 1.55 bits per heavy atom. The van der Waals surface area contributed by atoms with Crippen LogP contribution in [0.2, 0.25) is 0 Å². The maximum atomic E-state index is 9.60. The summed E-state index contributed by atoms with van der Waals surface area (Å²) < 4.78 is 18.3. The summed E-state index contributed by atoms with van der Waals surface area (Å²) in [5, 5.41) is 7.89. The first-order valence-corrected chi connectivity index (χ1v) is 5.31. The molecular formula is C4H6Cl2O4S. The topological polar surface area (TPSA) is 71.4 Å². The fraction of sp³-hybridized carbons (Fsp3) is 0.250. The third-order valence-electron chi connectivity index (χ3n) is 0.365. The second-order valence-electron chi connectivity index (χ2n) is 1.46. The van der Waals surface area contributed by atoms with Crippen molar-refractivity contribution in [1.29, 1.82) is 0 Å². The molecule has 0 rings (SSSR count). The molecule has 0 atom stereocenters. The second kappa shape index (κ2) is 5.40. The SMILES string of the molecule is C=C(C)C(=O)O.O=S(=O)(Cl)Cl. The molecule has 0 fully saturated rings. The Bertz CT molecular complexity index is 223. The van der Waals surface area contributed by atoms with Gasteiger partial charge in [-0.25, -0.2) is 4.79 Å². The zero-order valence-corrected chi connectivity index (χ0v) is 7.87. The van der Waals surface area contributed by atoms with E-state index < -0.39 is 14.2 Å². The first-order chi connectivity index (χ1) is 4.64. The van der Waals surface area contributed by atoms with Gasteiger partial charge in [0.15, 0.2) is 0 Å². The summed E-state index contributed by atoms with van der Waals surface area (Å²) in [7, 11) is 4.81. The molecule has 0 aromatic rings. The Hall–Kier alpha value is -0.260. The minimum atomic E-state index is -3.72. The molecule has 4 nitrogen and oxygen atoms in total. The van der Waals surface area contributed by atoms with Crippen molar-refractivity contribution in [1.82, 2.24) is 0 Å². The lowest BCUT2D eigenvalue weighted by molar-refractivity contribution is -0.132. The summed E-state index contributed by atoms with van der Waals surface area (Å²) in [5.41, 5.74) is 0.176. The average Bonchev–Trinajstić information content (AvgIpc) is 1.59. The van der Waals surface area contributed by atoms with Gasteiger partial charge in [0.05, 0.1) is 0 Å². The van der Waals surface area contributed by atoms with Gasteiger partial charge in [0.2, 0.25) is 0 Å². The first kappa shape index (κ1) is 13.3. The number of halogens is 2. The van der Waals surface area contributed by atoms with Crippen LogP contribution in [0.5, 0.6) is 0 Å². The highest BCUT2D eigenvalue weighted by Crippen LogP contribution is 1.98. The predicted octanol–water partition coefficient (Wildman–Crippen LogP) is 1.36. The normalized spacial score (nSPS) is 9.36. The van der Waals surface area contributed by atoms with Crippen molar-refractivity contribution < 1.29 is 18.3 Å². The van der Waals surface area contributed by atoms with E-state index in [-0.39, 0.29) is 5.57 Å². The molecule has 0 saturated carbocycles. The van der Waals surface area contributed by atoms with Gasteiger partial charge in [0.1, 0.15) is 0 Å². The van der Waals surface area contributed by atoms with Crippen LogP contribution in [-0.4, -0.2) is 19.5 Å². The van der Waals surface area contributed by atoms with Crippen molar-refractivity contribution in [3.05, 3.63) is 12.2 Å². The number of carboxylic acids is 1. The predicted molar refractivity (Wildman–Crippen MR) is 43.1 cm³/mol. The van der Waals surface area contributed by atoms with Crippen LogP contribution in [0, 0.1) is 0 Å². The molecule has 0 heterocycles. The molecule has 0 spiro atoms. The van der Waals surface area contributed by atoms with Gasteiger partial charge in [-0.15, -0.1) is 0 Å². The van der Waals surface area contributed by atoms with Crippen molar-refractivity contribution in [3.63, 3.8) is 0 Å². The lowest BCUT2D eigenvalue weighted by Gasteiger charge is -1.79. The minimum Gasteiger partial charge on any atom is -0.478 e. The molecule has 0 aliphatic carbocycles. The van der Waals surface area contributed by atoms with Crippen LogP contribution in [0.15, 0.2) is 12.2 Å². The number of aliphatic carboxylic acids is 1. The number of hydrogen-bond acceptors (Lipinski definition) is 3. The summed E-state index contributed by atoms with van der Waals surface area (Å²) in [6, 6.07) is 0. The molecule has 1 N–H and O–H groups in total. The largest absolute Gasteiger partial charge is 0.478 e. The Morgan fingerprint density at radius 1 is 1.45 bits per heavy atom. The van der Waals surface area contributed by atoms with Crippen molar-refractivity contribution in [2.45, 2.75) is 6.92 Å². The molecule has 0 aliphatic rings. The Kier molecular flexibility index (Phi) is 6.55. The van der Waals surface area contributed by atoms with Crippen LogP contribution in [0.1, 0.15) is 6.92 Å². The van der Waals surface area contributed by atoms with Crippen molar-refractivity contribution in [2.24, 2.45) is 0 Å². The summed E-state index contributed by atoms with van der Waals surface area (Å²) >= 11 is 0.